The molecule has 2 aromatic rings. The first-order valence-electron chi connectivity index (χ1n) is 5.93. The molecule has 2 rings (SSSR count). The summed E-state index contributed by atoms with van der Waals surface area (Å²) in [6.07, 6.45) is 0. The highest BCUT2D eigenvalue weighted by Crippen LogP contribution is 2.29. The lowest BCUT2D eigenvalue weighted by Crippen LogP contribution is -2.31. The van der Waals surface area contributed by atoms with Crippen LogP contribution in [0.4, 0.5) is 5.13 Å². The summed E-state index contributed by atoms with van der Waals surface area (Å²) in [5.74, 6) is 0. The maximum Gasteiger partial charge on any atom is 0.266 e. The molecule has 0 N–H and O–H groups in total. The maximum absolute atomic E-state index is 12.8. The van der Waals surface area contributed by atoms with Gasteiger partial charge in [-0.15, -0.1) is 10.2 Å². The molecule has 0 aliphatic rings. The second-order valence-corrected chi connectivity index (χ2v) is 7.31. The Kier molecular flexibility index (Phi) is 4.31. The third-order valence-electron chi connectivity index (χ3n) is 2.87. The van der Waals surface area contributed by atoms with Crippen molar-refractivity contribution in [3.05, 3.63) is 33.8 Å². The first-order valence-corrected chi connectivity index (χ1v) is 8.63. The van der Waals surface area contributed by atoms with E-state index in [1.54, 1.807) is 32.9 Å². The van der Waals surface area contributed by atoms with Crippen molar-refractivity contribution in [3.8, 4) is 0 Å². The first-order chi connectivity index (χ1) is 9.37. The van der Waals surface area contributed by atoms with Crippen LogP contribution in [-0.4, -0.2) is 25.2 Å². The molecular formula is C12H14ClN3O2S2. The topological polar surface area (TPSA) is 63.2 Å². The monoisotopic (exact) mass is 331 g/mol. The average molecular weight is 332 g/mol. The van der Waals surface area contributed by atoms with Gasteiger partial charge in [0.25, 0.3) is 10.0 Å². The molecule has 8 heteroatoms. The fourth-order valence-corrected chi connectivity index (χ4v) is 4.62. The first kappa shape index (κ1) is 15.2. The maximum atomic E-state index is 12.8. The molecule has 0 radical (unpaired) electrons. The Morgan fingerprint density at radius 2 is 2.00 bits per heavy atom. The van der Waals surface area contributed by atoms with Crippen molar-refractivity contribution in [1.82, 2.24) is 10.2 Å². The van der Waals surface area contributed by atoms with E-state index in [9.17, 15) is 8.42 Å². The second kappa shape index (κ2) is 5.67. The van der Waals surface area contributed by atoms with Gasteiger partial charge in [0, 0.05) is 11.6 Å². The third kappa shape index (κ3) is 2.65. The number of aryl methyl sites for hydroxylation is 2. The van der Waals surface area contributed by atoms with Gasteiger partial charge in [-0.3, -0.25) is 0 Å². The standard InChI is InChI=1S/C12H14ClN3O2S2/c1-4-16(12-15-14-7-19-12)20(17,18)11-6-8(2)10(13)5-9(11)3/h5-7H,4H2,1-3H3. The lowest BCUT2D eigenvalue weighted by Gasteiger charge is -2.21. The molecule has 0 bridgehead atoms. The number of aromatic nitrogens is 2. The van der Waals surface area contributed by atoms with Crippen LogP contribution in [0.1, 0.15) is 18.1 Å². The molecular weight excluding hydrogens is 318 g/mol. The zero-order chi connectivity index (χ0) is 14.9. The Morgan fingerprint density at radius 3 is 2.55 bits per heavy atom. The number of hydrogen-bond donors (Lipinski definition) is 0. The van der Waals surface area contributed by atoms with Crippen LogP contribution in [0.3, 0.4) is 0 Å². The van der Waals surface area contributed by atoms with Crippen molar-refractivity contribution in [2.45, 2.75) is 25.7 Å². The molecule has 0 amide bonds. The van der Waals surface area contributed by atoms with E-state index < -0.39 is 10.0 Å². The molecule has 1 heterocycles. The number of rotatable bonds is 4. The number of nitrogens with zero attached hydrogens (tertiary/aromatic N) is 3. The SMILES string of the molecule is CCN(c1nncs1)S(=O)(=O)c1cc(C)c(Cl)cc1C. The van der Waals surface area contributed by atoms with E-state index in [0.717, 1.165) is 5.56 Å². The van der Waals surface area contributed by atoms with Gasteiger partial charge in [0.1, 0.15) is 5.51 Å². The predicted molar refractivity (Wildman–Crippen MR) is 81.0 cm³/mol. The van der Waals surface area contributed by atoms with Crippen LogP contribution in [0.15, 0.2) is 22.5 Å². The van der Waals surface area contributed by atoms with E-state index in [2.05, 4.69) is 10.2 Å². The Labute approximate surface area is 127 Å². The number of benzene rings is 1. The number of hydrogen-bond acceptors (Lipinski definition) is 5. The Hall–Kier alpha value is -1.18. The fourth-order valence-electron chi connectivity index (χ4n) is 1.84. The molecule has 0 atom stereocenters. The predicted octanol–water partition coefficient (Wildman–Crippen LogP) is 3.02. The number of anilines is 1. The van der Waals surface area contributed by atoms with Crippen molar-refractivity contribution in [2.75, 3.05) is 10.8 Å². The van der Waals surface area contributed by atoms with Crippen LogP contribution < -0.4 is 4.31 Å². The normalized spacial score (nSPS) is 11.6. The molecule has 108 valence electrons. The van der Waals surface area contributed by atoms with Crippen LogP contribution in [0.2, 0.25) is 5.02 Å². The summed E-state index contributed by atoms with van der Waals surface area (Å²) in [6, 6.07) is 3.26. The van der Waals surface area contributed by atoms with E-state index in [4.69, 9.17) is 11.6 Å². The molecule has 0 spiro atoms. The second-order valence-electron chi connectivity index (χ2n) is 4.26. The summed E-state index contributed by atoms with van der Waals surface area (Å²) in [5.41, 5.74) is 2.85. The van der Waals surface area contributed by atoms with Gasteiger partial charge in [-0.2, -0.15) is 0 Å². The van der Waals surface area contributed by atoms with Gasteiger partial charge in [-0.25, -0.2) is 12.7 Å². The van der Waals surface area contributed by atoms with E-state index in [1.807, 2.05) is 0 Å². The summed E-state index contributed by atoms with van der Waals surface area (Å²) in [5, 5.41) is 8.45. The Morgan fingerprint density at radius 1 is 1.30 bits per heavy atom. The molecule has 20 heavy (non-hydrogen) atoms. The Balaban J connectivity index is 2.57. The Bertz CT molecular complexity index is 715. The smallest absolute Gasteiger partial charge is 0.240 e. The molecule has 0 saturated carbocycles. The molecule has 5 nitrogen and oxygen atoms in total. The summed E-state index contributed by atoms with van der Waals surface area (Å²) in [6.45, 7) is 5.56. The third-order valence-corrected chi connectivity index (χ3v) is 6.12. The van der Waals surface area contributed by atoms with Gasteiger partial charge < -0.3 is 0 Å². The van der Waals surface area contributed by atoms with E-state index in [0.29, 0.717) is 22.3 Å². The highest BCUT2D eigenvalue weighted by molar-refractivity contribution is 7.93. The molecule has 0 aliphatic heterocycles. The van der Waals surface area contributed by atoms with Crippen molar-refractivity contribution < 1.29 is 8.42 Å². The lowest BCUT2D eigenvalue weighted by molar-refractivity contribution is 0.591. The quantitative estimate of drug-likeness (QED) is 0.864. The van der Waals surface area contributed by atoms with Crippen LogP contribution in [-0.2, 0) is 10.0 Å². The zero-order valence-corrected chi connectivity index (χ0v) is 13.7. The van der Waals surface area contributed by atoms with E-state index in [-0.39, 0.29) is 4.90 Å². The summed E-state index contributed by atoms with van der Waals surface area (Å²) in [4.78, 5) is 0.247. The molecule has 0 fully saturated rings. The van der Waals surface area contributed by atoms with Gasteiger partial charge in [-0.1, -0.05) is 22.9 Å². The minimum absolute atomic E-state index is 0.247. The summed E-state index contributed by atoms with van der Waals surface area (Å²) >= 11 is 7.21. The largest absolute Gasteiger partial charge is 0.266 e. The van der Waals surface area contributed by atoms with Crippen molar-refractivity contribution >= 4 is 38.1 Å². The summed E-state index contributed by atoms with van der Waals surface area (Å²) < 4.78 is 26.8. The van der Waals surface area contributed by atoms with Crippen LogP contribution in [0.5, 0.6) is 0 Å². The number of halogens is 1. The zero-order valence-electron chi connectivity index (χ0n) is 11.3. The fraction of sp³-hybridized carbons (Fsp3) is 0.333. The van der Waals surface area contributed by atoms with Crippen molar-refractivity contribution in [2.24, 2.45) is 0 Å². The minimum Gasteiger partial charge on any atom is -0.240 e. The lowest BCUT2D eigenvalue weighted by atomic mass is 10.2. The molecule has 0 aliphatic carbocycles. The van der Waals surface area contributed by atoms with Crippen LogP contribution in [0.25, 0.3) is 0 Å². The average Bonchev–Trinajstić information content (AvgIpc) is 2.87. The van der Waals surface area contributed by atoms with Crippen LogP contribution >= 0.6 is 22.9 Å². The molecule has 1 aromatic carbocycles. The van der Waals surface area contributed by atoms with Gasteiger partial charge in [0.15, 0.2) is 0 Å². The minimum atomic E-state index is -3.66. The van der Waals surface area contributed by atoms with Gasteiger partial charge in [0.05, 0.1) is 4.90 Å². The number of sulfonamides is 1. The van der Waals surface area contributed by atoms with Gasteiger partial charge in [-0.05, 0) is 44.0 Å². The van der Waals surface area contributed by atoms with Crippen molar-refractivity contribution in [3.63, 3.8) is 0 Å². The highest BCUT2D eigenvalue weighted by Gasteiger charge is 2.27. The van der Waals surface area contributed by atoms with Crippen LogP contribution in [0, 0.1) is 13.8 Å². The van der Waals surface area contributed by atoms with E-state index >= 15 is 0 Å². The van der Waals surface area contributed by atoms with Crippen molar-refractivity contribution in [1.29, 1.82) is 0 Å². The van der Waals surface area contributed by atoms with E-state index in [1.165, 1.54) is 21.2 Å². The molecule has 0 unspecified atom stereocenters. The molecule has 0 saturated heterocycles. The van der Waals surface area contributed by atoms with Gasteiger partial charge >= 0.3 is 0 Å². The molecule has 1 aromatic heterocycles. The summed E-state index contributed by atoms with van der Waals surface area (Å²) in [7, 11) is -3.66. The highest BCUT2D eigenvalue weighted by atomic mass is 35.5. The van der Waals surface area contributed by atoms with Gasteiger partial charge in [0.2, 0.25) is 5.13 Å².